The van der Waals surface area contributed by atoms with Gasteiger partial charge in [-0.2, -0.15) is 0 Å². The smallest absolute Gasteiger partial charge is 0.326 e. The summed E-state index contributed by atoms with van der Waals surface area (Å²) in [4.78, 5) is 40.1. The number of aryl methyl sites for hydroxylation is 2. The number of nitrogens with one attached hydrogen (secondary N) is 1. The Morgan fingerprint density at radius 3 is 2.42 bits per heavy atom. The molecule has 2 amide bonds. The molecular weight excluding hydrogens is 392 g/mol. The molecule has 7 nitrogen and oxygen atoms in total. The van der Waals surface area contributed by atoms with Crippen LogP contribution in [0.3, 0.4) is 0 Å². The number of amides is 2. The van der Waals surface area contributed by atoms with E-state index in [0.29, 0.717) is 25.1 Å². The number of rotatable bonds is 4. The molecule has 0 spiro atoms. The minimum absolute atomic E-state index is 0.00874. The fraction of sp³-hybridized carbons (Fsp3) is 0.375. The number of nitrogens with zero attached hydrogens (tertiary/aromatic N) is 3. The summed E-state index contributed by atoms with van der Waals surface area (Å²) in [5.41, 5.74) is 4.21. The predicted octanol–water partition coefficient (Wildman–Crippen LogP) is 2.82. The first-order valence-electron chi connectivity index (χ1n) is 10.6. The van der Waals surface area contributed by atoms with Gasteiger partial charge in [0.2, 0.25) is 11.8 Å². The van der Waals surface area contributed by atoms with Crippen LogP contribution in [0.15, 0.2) is 47.3 Å². The molecule has 4 rings (SSSR count). The second kappa shape index (κ2) is 8.06. The van der Waals surface area contributed by atoms with E-state index in [1.807, 2.05) is 44.2 Å². The zero-order valence-corrected chi connectivity index (χ0v) is 18.4. The number of benzene rings is 2. The molecule has 1 aliphatic rings. The Morgan fingerprint density at radius 1 is 1.03 bits per heavy atom. The summed E-state index contributed by atoms with van der Waals surface area (Å²) < 4.78 is 3.13. The molecule has 1 aromatic heterocycles. The van der Waals surface area contributed by atoms with Gasteiger partial charge in [-0.05, 0) is 35.2 Å². The van der Waals surface area contributed by atoms with Crippen molar-refractivity contribution in [3.05, 3.63) is 64.1 Å². The SMILES string of the molecule is CC(C)CC(=O)N1Cc2ccccc2CC1C(=O)Nc1ccc2c(c1)n(C)c(=O)n2C. The average Bonchev–Trinajstić information content (AvgIpc) is 2.96. The molecule has 7 heteroatoms. The van der Waals surface area contributed by atoms with Crippen LogP contribution in [0.1, 0.15) is 31.4 Å². The molecule has 0 saturated heterocycles. The first-order chi connectivity index (χ1) is 14.8. The second-order valence-electron chi connectivity index (χ2n) is 8.70. The molecule has 2 aromatic carbocycles. The summed E-state index contributed by atoms with van der Waals surface area (Å²) in [7, 11) is 3.43. The van der Waals surface area contributed by atoms with Gasteiger partial charge in [-0.15, -0.1) is 0 Å². The van der Waals surface area contributed by atoms with Gasteiger partial charge in [-0.25, -0.2) is 4.79 Å². The summed E-state index contributed by atoms with van der Waals surface area (Å²) >= 11 is 0. The van der Waals surface area contributed by atoms with Gasteiger partial charge >= 0.3 is 5.69 Å². The van der Waals surface area contributed by atoms with E-state index < -0.39 is 6.04 Å². The van der Waals surface area contributed by atoms with Crippen molar-refractivity contribution in [2.24, 2.45) is 20.0 Å². The van der Waals surface area contributed by atoms with E-state index in [2.05, 4.69) is 5.32 Å². The maximum absolute atomic E-state index is 13.3. The number of anilines is 1. The van der Waals surface area contributed by atoms with Crippen LogP contribution in [0.25, 0.3) is 11.0 Å². The Hall–Kier alpha value is -3.35. The second-order valence-corrected chi connectivity index (χ2v) is 8.70. The number of fused-ring (bicyclic) bond motifs is 2. The number of carbonyl (C=O) groups excluding carboxylic acids is 2. The van der Waals surface area contributed by atoms with Crippen molar-refractivity contribution in [3.8, 4) is 0 Å². The Bertz CT molecular complexity index is 1220. The zero-order chi connectivity index (χ0) is 22.3. The van der Waals surface area contributed by atoms with Crippen molar-refractivity contribution < 1.29 is 9.59 Å². The summed E-state index contributed by atoms with van der Waals surface area (Å²) in [5.74, 6) is -0.00684. The molecular formula is C24H28N4O3. The molecule has 0 aliphatic carbocycles. The highest BCUT2D eigenvalue weighted by Gasteiger charge is 2.34. The summed E-state index contributed by atoms with van der Waals surface area (Å²) in [5, 5.41) is 2.97. The molecule has 1 unspecified atom stereocenters. The van der Waals surface area contributed by atoms with E-state index in [1.54, 1.807) is 40.3 Å². The number of aromatic nitrogens is 2. The molecule has 1 N–H and O–H groups in total. The van der Waals surface area contributed by atoms with Crippen LogP contribution in [-0.2, 0) is 36.6 Å². The van der Waals surface area contributed by atoms with Gasteiger partial charge in [-0.3, -0.25) is 18.7 Å². The lowest BCUT2D eigenvalue weighted by Crippen LogP contribution is -2.50. The van der Waals surface area contributed by atoms with Gasteiger partial charge in [0.15, 0.2) is 0 Å². The summed E-state index contributed by atoms with van der Waals surface area (Å²) in [6.45, 7) is 4.44. The van der Waals surface area contributed by atoms with Crippen LogP contribution >= 0.6 is 0 Å². The molecule has 3 aromatic rings. The van der Waals surface area contributed by atoms with Crippen LogP contribution in [0.2, 0.25) is 0 Å². The van der Waals surface area contributed by atoms with Gasteiger partial charge in [-0.1, -0.05) is 38.1 Å². The summed E-state index contributed by atoms with van der Waals surface area (Å²) in [6, 6.07) is 12.8. The number of carbonyl (C=O) groups is 2. The topological polar surface area (TPSA) is 76.3 Å². The van der Waals surface area contributed by atoms with Crippen LogP contribution in [0.4, 0.5) is 5.69 Å². The lowest BCUT2D eigenvalue weighted by atomic mass is 9.92. The van der Waals surface area contributed by atoms with E-state index in [1.165, 1.54) is 0 Å². The van der Waals surface area contributed by atoms with Crippen molar-refractivity contribution in [2.75, 3.05) is 5.32 Å². The Labute approximate surface area is 181 Å². The highest BCUT2D eigenvalue weighted by molar-refractivity contribution is 5.99. The van der Waals surface area contributed by atoms with Crippen molar-refractivity contribution in [1.82, 2.24) is 14.0 Å². The monoisotopic (exact) mass is 420 g/mol. The minimum Gasteiger partial charge on any atom is -0.326 e. The quantitative estimate of drug-likeness (QED) is 0.705. The summed E-state index contributed by atoms with van der Waals surface area (Å²) in [6.07, 6.45) is 0.891. The number of imidazole rings is 1. The molecule has 0 fully saturated rings. The van der Waals surface area contributed by atoms with Gasteiger partial charge in [0, 0.05) is 39.2 Å². The van der Waals surface area contributed by atoms with Gasteiger partial charge < -0.3 is 10.2 Å². The lowest BCUT2D eigenvalue weighted by molar-refractivity contribution is -0.140. The van der Waals surface area contributed by atoms with Crippen LogP contribution in [0, 0.1) is 5.92 Å². The molecule has 0 bridgehead atoms. The van der Waals surface area contributed by atoms with E-state index in [9.17, 15) is 14.4 Å². The highest BCUT2D eigenvalue weighted by atomic mass is 16.2. The lowest BCUT2D eigenvalue weighted by Gasteiger charge is -2.36. The Balaban J connectivity index is 1.63. The number of hydrogen-bond donors (Lipinski definition) is 1. The Kier molecular flexibility index (Phi) is 5.43. The van der Waals surface area contributed by atoms with Crippen LogP contribution < -0.4 is 11.0 Å². The first kappa shape index (κ1) is 20.9. The molecule has 31 heavy (non-hydrogen) atoms. The van der Waals surface area contributed by atoms with Gasteiger partial charge in [0.05, 0.1) is 11.0 Å². The van der Waals surface area contributed by atoms with E-state index in [-0.39, 0.29) is 23.4 Å². The maximum Gasteiger partial charge on any atom is 0.328 e. The normalized spacial score (nSPS) is 15.9. The van der Waals surface area contributed by atoms with E-state index in [0.717, 1.165) is 22.2 Å². The molecule has 2 heterocycles. The third-order valence-electron chi connectivity index (χ3n) is 5.99. The van der Waals surface area contributed by atoms with Gasteiger partial charge in [0.25, 0.3) is 0 Å². The third-order valence-corrected chi connectivity index (χ3v) is 5.99. The number of hydrogen-bond acceptors (Lipinski definition) is 3. The average molecular weight is 421 g/mol. The fourth-order valence-electron chi connectivity index (χ4n) is 4.30. The molecule has 162 valence electrons. The molecule has 1 aliphatic heterocycles. The van der Waals surface area contributed by atoms with Crippen molar-refractivity contribution >= 4 is 28.5 Å². The van der Waals surface area contributed by atoms with Crippen molar-refractivity contribution in [1.29, 1.82) is 0 Å². The molecule has 0 radical (unpaired) electrons. The van der Waals surface area contributed by atoms with Crippen LogP contribution in [-0.4, -0.2) is 31.9 Å². The zero-order valence-electron chi connectivity index (χ0n) is 18.4. The predicted molar refractivity (Wildman–Crippen MR) is 121 cm³/mol. The molecule has 0 saturated carbocycles. The fourth-order valence-corrected chi connectivity index (χ4v) is 4.30. The highest BCUT2D eigenvalue weighted by Crippen LogP contribution is 2.26. The first-order valence-corrected chi connectivity index (χ1v) is 10.6. The van der Waals surface area contributed by atoms with E-state index in [4.69, 9.17) is 0 Å². The standard InChI is InChI=1S/C24H28N4O3/c1-15(2)11-22(29)28-14-17-8-6-5-7-16(17)12-21(28)23(30)25-18-9-10-19-20(13-18)27(4)24(31)26(19)3/h5-10,13,15,21H,11-12,14H2,1-4H3,(H,25,30). The maximum atomic E-state index is 13.3. The minimum atomic E-state index is -0.573. The van der Waals surface area contributed by atoms with Crippen molar-refractivity contribution in [3.63, 3.8) is 0 Å². The van der Waals surface area contributed by atoms with Crippen LogP contribution in [0.5, 0.6) is 0 Å². The van der Waals surface area contributed by atoms with E-state index >= 15 is 0 Å². The van der Waals surface area contributed by atoms with Gasteiger partial charge in [0.1, 0.15) is 6.04 Å². The molecule has 1 atom stereocenters. The third kappa shape index (κ3) is 3.87. The van der Waals surface area contributed by atoms with Crippen molar-refractivity contribution in [2.45, 2.75) is 39.3 Å². The largest absolute Gasteiger partial charge is 0.328 e. The Morgan fingerprint density at radius 2 is 1.71 bits per heavy atom.